The molecule has 1 aromatic heterocycles. The molecule has 2 aromatic rings. The van der Waals surface area contributed by atoms with Crippen molar-refractivity contribution in [3.8, 4) is 0 Å². The SMILES string of the molecule is SCCNc1cc(NCc2cccc(Br)c2)ncn1. The Morgan fingerprint density at radius 1 is 1.11 bits per heavy atom. The lowest BCUT2D eigenvalue weighted by molar-refractivity contribution is 1.07. The fourth-order valence-corrected chi connectivity index (χ4v) is 2.13. The van der Waals surface area contributed by atoms with Gasteiger partial charge in [-0.3, -0.25) is 0 Å². The second-order valence-electron chi connectivity index (χ2n) is 3.92. The molecule has 0 saturated heterocycles. The lowest BCUT2D eigenvalue weighted by Gasteiger charge is -2.08. The molecule has 0 radical (unpaired) electrons. The molecular weight excluding hydrogens is 324 g/mol. The van der Waals surface area contributed by atoms with Crippen molar-refractivity contribution in [2.75, 3.05) is 22.9 Å². The van der Waals surface area contributed by atoms with Crippen molar-refractivity contribution in [2.45, 2.75) is 6.54 Å². The number of hydrogen-bond acceptors (Lipinski definition) is 5. The first-order valence-corrected chi connectivity index (χ1v) is 7.35. The van der Waals surface area contributed by atoms with Crippen molar-refractivity contribution in [3.05, 3.63) is 46.7 Å². The molecular formula is C13H15BrN4S. The van der Waals surface area contributed by atoms with Gasteiger partial charge in [-0.2, -0.15) is 12.6 Å². The highest BCUT2D eigenvalue weighted by Gasteiger charge is 1.99. The minimum Gasteiger partial charge on any atom is -0.369 e. The van der Waals surface area contributed by atoms with Crippen LogP contribution >= 0.6 is 28.6 Å². The summed E-state index contributed by atoms with van der Waals surface area (Å²) in [6.07, 6.45) is 1.55. The van der Waals surface area contributed by atoms with Crippen LogP contribution in [-0.2, 0) is 6.54 Å². The zero-order chi connectivity index (χ0) is 13.5. The van der Waals surface area contributed by atoms with Gasteiger partial charge in [-0.1, -0.05) is 28.1 Å². The number of aromatic nitrogens is 2. The predicted octanol–water partition coefficient (Wildman–Crippen LogP) is 3.19. The smallest absolute Gasteiger partial charge is 0.131 e. The second kappa shape index (κ2) is 7.35. The van der Waals surface area contributed by atoms with Crippen LogP contribution < -0.4 is 10.6 Å². The van der Waals surface area contributed by atoms with Crippen molar-refractivity contribution in [3.63, 3.8) is 0 Å². The minimum absolute atomic E-state index is 0.725. The summed E-state index contributed by atoms with van der Waals surface area (Å²) in [7, 11) is 0. The van der Waals surface area contributed by atoms with Crippen molar-refractivity contribution < 1.29 is 0 Å². The molecule has 0 spiro atoms. The molecule has 0 aliphatic carbocycles. The molecule has 1 heterocycles. The van der Waals surface area contributed by atoms with E-state index in [9.17, 15) is 0 Å². The molecule has 1 aromatic carbocycles. The van der Waals surface area contributed by atoms with Crippen molar-refractivity contribution >= 4 is 40.2 Å². The zero-order valence-corrected chi connectivity index (χ0v) is 12.8. The molecule has 0 fully saturated rings. The summed E-state index contributed by atoms with van der Waals surface area (Å²) in [6, 6.07) is 10.1. The van der Waals surface area contributed by atoms with Crippen LogP contribution in [0.2, 0.25) is 0 Å². The van der Waals surface area contributed by atoms with E-state index < -0.39 is 0 Å². The number of halogens is 1. The van der Waals surface area contributed by atoms with Gasteiger partial charge in [0.15, 0.2) is 0 Å². The lowest BCUT2D eigenvalue weighted by Crippen LogP contribution is -2.06. The van der Waals surface area contributed by atoms with Crippen molar-refractivity contribution in [1.29, 1.82) is 0 Å². The Morgan fingerprint density at radius 2 is 1.89 bits per heavy atom. The van der Waals surface area contributed by atoms with Crippen LogP contribution in [-0.4, -0.2) is 22.3 Å². The van der Waals surface area contributed by atoms with Gasteiger partial charge in [0.05, 0.1) is 0 Å². The third-order valence-corrected chi connectivity index (χ3v) is 3.16. The van der Waals surface area contributed by atoms with Crippen LogP contribution in [0, 0.1) is 0 Å². The summed E-state index contributed by atoms with van der Waals surface area (Å²) >= 11 is 7.61. The summed E-state index contributed by atoms with van der Waals surface area (Å²) in [6.45, 7) is 1.51. The molecule has 2 rings (SSSR count). The molecule has 6 heteroatoms. The van der Waals surface area contributed by atoms with Gasteiger partial charge in [-0.15, -0.1) is 0 Å². The monoisotopic (exact) mass is 338 g/mol. The van der Waals surface area contributed by atoms with Gasteiger partial charge in [0.25, 0.3) is 0 Å². The highest BCUT2D eigenvalue weighted by Crippen LogP contribution is 2.14. The van der Waals surface area contributed by atoms with Gasteiger partial charge >= 0.3 is 0 Å². The van der Waals surface area contributed by atoms with E-state index in [1.54, 1.807) is 6.33 Å². The Hall–Kier alpha value is -1.27. The maximum atomic E-state index is 4.19. The lowest BCUT2D eigenvalue weighted by atomic mass is 10.2. The standard InChI is InChI=1S/C13H15BrN4S/c14-11-3-1-2-10(6-11)8-16-13-7-12(15-4-5-19)17-9-18-13/h1-3,6-7,9,19H,4-5,8H2,(H2,15,16,17,18). The number of hydrogen-bond donors (Lipinski definition) is 3. The molecule has 0 amide bonds. The largest absolute Gasteiger partial charge is 0.369 e. The van der Waals surface area contributed by atoms with E-state index in [0.29, 0.717) is 0 Å². The van der Waals surface area contributed by atoms with Gasteiger partial charge in [-0.25, -0.2) is 9.97 Å². The fourth-order valence-electron chi connectivity index (χ4n) is 1.57. The molecule has 0 aliphatic heterocycles. The first-order chi connectivity index (χ1) is 9.28. The van der Waals surface area contributed by atoms with Crippen LogP contribution in [0.15, 0.2) is 41.1 Å². The number of anilines is 2. The van der Waals surface area contributed by atoms with Crippen LogP contribution in [0.4, 0.5) is 11.6 Å². The fraction of sp³-hybridized carbons (Fsp3) is 0.231. The average molecular weight is 339 g/mol. The summed E-state index contributed by atoms with van der Waals surface area (Å²) in [5.74, 6) is 2.38. The molecule has 0 bridgehead atoms. The molecule has 2 N–H and O–H groups in total. The van der Waals surface area contributed by atoms with Gasteiger partial charge in [0.1, 0.15) is 18.0 Å². The molecule has 0 aliphatic rings. The Balaban J connectivity index is 1.95. The Morgan fingerprint density at radius 3 is 2.63 bits per heavy atom. The molecule has 100 valence electrons. The van der Waals surface area contributed by atoms with E-state index in [-0.39, 0.29) is 0 Å². The van der Waals surface area contributed by atoms with E-state index >= 15 is 0 Å². The molecule has 0 atom stereocenters. The third kappa shape index (κ3) is 4.72. The van der Waals surface area contributed by atoms with E-state index in [2.05, 4.69) is 61.3 Å². The van der Waals surface area contributed by atoms with Crippen LogP contribution in [0.3, 0.4) is 0 Å². The average Bonchev–Trinajstić information content (AvgIpc) is 2.43. The zero-order valence-electron chi connectivity index (χ0n) is 10.3. The van der Waals surface area contributed by atoms with E-state index in [1.165, 1.54) is 5.56 Å². The molecule has 19 heavy (non-hydrogen) atoms. The van der Waals surface area contributed by atoms with E-state index in [0.717, 1.165) is 35.0 Å². The van der Waals surface area contributed by atoms with Crippen molar-refractivity contribution in [1.82, 2.24) is 9.97 Å². The quantitative estimate of drug-likeness (QED) is 0.708. The topological polar surface area (TPSA) is 49.8 Å². The summed E-state index contributed by atoms with van der Waals surface area (Å²) in [5, 5.41) is 6.44. The van der Waals surface area contributed by atoms with Gasteiger partial charge < -0.3 is 10.6 Å². The van der Waals surface area contributed by atoms with E-state index in [1.807, 2.05) is 18.2 Å². The number of nitrogens with zero attached hydrogens (tertiary/aromatic N) is 2. The van der Waals surface area contributed by atoms with E-state index in [4.69, 9.17) is 0 Å². The third-order valence-electron chi connectivity index (χ3n) is 2.45. The summed E-state index contributed by atoms with van der Waals surface area (Å²) in [5.41, 5.74) is 1.19. The highest BCUT2D eigenvalue weighted by atomic mass is 79.9. The molecule has 0 unspecified atom stereocenters. The predicted molar refractivity (Wildman–Crippen MR) is 85.8 cm³/mol. The van der Waals surface area contributed by atoms with Crippen molar-refractivity contribution in [2.24, 2.45) is 0 Å². The Bertz CT molecular complexity index is 536. The normalized spacial score (nSPS) is 10.2. The van der Waals surface area contributed by atoms with Gasteiger partial charge in [0.2, 0.25) is 0 Å². The van der Waals surface area contributed by atoms with Crippen LogP contribution in [0.1, 0.15) is 5.56 Å². The van der Waals surface area contributed by atoms with Gasteiger partial charge in [-0.05, 0) is 17.7 Å². The summed E-state index contributed by atoms with van der Waals surface area (Å²) < 4.78 is 1.07. The number of nitrogens with one attached hydrogen (secondary N) is 2. The second-order valence-corrected chi connectivity index (χ2v) is 5.29. The van der Waals surface area contributed by atoms with Crippen LogP contribution in [0.25, 0.3) is 0 Å². The highest BCUT2D eigenvalue weighted by molar-refractivity contribution is 9.10. The Labute approximate surface area is 126 Å². The molecule has 0 saturated carbocycles. The minimum atomic E-state index is 0.725. The summed E-state index contributed by atoms with van der Waals surface area (Å²) in [4.78, 5) is 8.33. The maximum absolute atomic E-state index is 4.19. The Kier molecular flexibility index (Phi) is 5.47. The van der Waals surface area contributed by atoms with Gasteiger partial charge in [0, 0.05) is 29.4 Å². The maximum Gasteiger partial charge on any atom is 0.131 e. The number of benzene rings is 1. The number of thiol groups is 1. The first kappa shape index (κ1) is 14.1. The number of rotatable bonds is 6. The van der Waals surface area contributed by atoms with Crippen LogP contribution in [0.5, 0.6) is 0 Å². The first-order valence-electron chi connectivity index (χ1n) is 5.93. The molecule has 4 nitrogen and oxygen atoms in total.